The summed E-state index contributed by atoms with van der Waals surface area (Å²) in [6.45, 7) is 1.08. The van der Waals surface area contributed by atoms with Crippen molar-refractivity contribution in [3.05, 3.63) is 48.0 Å². The molecular formula is C15H15NS2. The molecule has 2 aromatic carbocycles. The van der Waals surface area contributed by atoms with E-state index >= 15 is 0 Å². The average Bonchev–Trinajstić information content (AvgIpc) is 2.87. The van der Waals surface area contributed by atoms with Gasteiger partial charge in [-0.2, -0.15) is 0 Å². The van der Waals surface area contributed by atoms with Crippen LogP contribution in [0.4, 0.5) is 5.69 Å². The van der Waals surface area contributed by atoms with Gasteiger partial charge in [-0.3, -0.25) is 0 Å². The summed E-state index contributed by atoms with van der Waals surface area (Å²) in [6, 6.07) is 15.5. The number of hydrogen-bond donors (Lipinski definition) is 1. The lowest BCUT2D eigenvalue weighted by Gasteiger charge is -2.05. The van der Waals surface area contributed by atoms with E-state index < -0.39 is 0 Å². The van der Waals surface area contributed by atoms with Crippen LogP contribution in [-0.4, -0.2) is 12.8 Å². The first kappa shape index (κ1) is 12.0. The first-order chi connectivity index (χ1) is 8.85. The van der Waals surface area contributed by atoms with E-state index in [1.807, 2.05) is 11.8 Å². The Morgan fingerprint density at radius 2 is 1.67 bits per heavy atom. The highest BCUT2D eigenvalue weighted by atomic mass is 32.2. The predicted molar refractivity (Wildman–Crippen MR) is 81.0 cm³/mol. The highest BCUT2D eigenvalue weighted by Crippen LogP contribution is 2.33. The normalized spacial score (nSPS) is 13.2. The monoisotopic (exact) mass is 273 g/mol. The molecule has 0 aromatic heterocycles. The third-order valence-corrected chi connectivity index (χ3v) is 4.82. The zero-order chi connectivity index (χ0) is 12.4. The molecule has 2 aromatic rings. The standard InChI is InChI=1S/C15H15NS2/c1-17-12-2-4-13(5-3-12)18-14-6-7-15-11(10-14)8-9-16-15/h2-7,10,16H,8-9H2,1H3. The van der Waals surface area contributed by atoms with Crippen molar-refractivity contribution in [3.8, 4) is 0 Å². The molecule has 3 heteroatoms. The molecule has 1 nitrogen and oxygen atoms in total. The minimum Gasteiger partial charge on any atom is -0.384 e. The molecule has 1 N–H and O–H groups in total. The van der Waals surface area contributed by atoms with Crippen LogP contribution in [0, 0.1) is 0 Å². The Morgan fingerprint density at radius 1 is 0.944 bits per heavy atom. The van der Waals surface area contributed by atoms with Crippen molar-refractivity contribution >= 4 is 29.2 Å². The van der Waals surface area contributed by atoms with E-state index in [2.05, 4.69) is 54.0 Å². The summed E-state index contributed by atoms with van der Waals surface area (Å²) in [6.07, 6.45) is 3.25. The van der Waals surface area contributed by atoms with Gasteiger partial charge in [0.05, 0.1) is 0 Å². The van der Waals surface area contributed by atoms with Crippen LogP contribution in [0.1, 0.15) is 5.56 Å². The number of rotatable bonds is 3. The van der Waals surface area contributed by atoms with Gasteiger partial charge >= 0.3 is 0 Å². The van der Waals surface area contributed by atoms with Gasteiger partial charge in [0.25, 0.3) is 0 Å². The molecule has 92 valence electrons. The molecule has 1 aliphatic rings. The van der Waals surface area contributed by atoms with Gasteiger partial charge in [0.1, 0.15) is 0 Å². The Balaban J connectivity index is 1.79. The van der Waals surface area contributed by atoms with Crippen molar-refractivity contribution in [3.63, 3.8) is 0 Å². The second-order valence-corrected chi connectivity index (χ2v) is 6.30. The van der Waals surface area contributed by atoms with Crippen molar-refractivity contribution in [1.82, 2.24) is 0 Å². The van der Waals surface area contributed by atoms with Crippen molar-refractivity contribution in [2.45, 2.75) is 21.1 Å². The van der Waals surface area contributed by atoms with Crippen molar-refractivity contribution in [2.75, 3.05) is 18.1 Å². The molecule has 0 aliphatic carbocycles. The molecule has 0 spiro atoms. The van der Waals surface area contributed by atoms with Crippen LogP contribution >= 0.6 is 23.5 Å². The highest BCUT2D eigenvalue weighted by Gasteiger charge is 2.10. The number of fused-ring (bicyclic) bond motifs is 1. The molecular weight excluding hydrogens is 258 g/mol. The lowest BCUT2D eigenvalue weighted by atomic mass is 10.2. The lowest BCUT2D eigenvalue weighted by Crippen LogP contribution is -1.90. The van der Waals surface area contributed by atoms with Crippen LogP contribution in [0.25, 0.3) is 0 Å². The van der Waals surface area contributed by atoms with E-state index in [0.29, 0.717) is 0 Å². The smallest absolute Gasteiger partial charge is 0.0374 e. The molecule has 3 rings (SSSR count). The summed E-state index contributed by atoms with van der Waals surface area (Å²) in [5.74, 6) is 0. The van der Waals surface area contributed by atoms with Crippen molar-refractivity contribution in [2.24, 2.45) is 0 Å². The molecule has 0 bridgehead atoms. The van der Waals surface area contributed by atoms with Crippen LogP contribution in [-0.2, 0) is 6.42 Å². The maximum Gasteiger partial charge on any atom is 0.0374 e. The summed E-state index contributed by atoms with van der Waals surface area (Å²) in [4.78, 5) is 3.95. The molecule has 0 atom stereocenters. The molecule has 0 saturated heterocycles. The zero-order valence-electron chi connectivity index (χ0n) is 10.3. The summed E-state index contributed by atoms with van der Waals surface area (Å²) >= 11 is 3.62. The number of hydrogen-bond acceptors (Lipinski definition) is 3. The first-order valence-corrected chi connectivity index (χ1v) is 8.08. The Hall–Kier alpha value is -1.06. The van der Waals surface area contributed by atoms with Crippen LogP contribution in [0.5, 0.6) is 0 Å². The van der Waals surface area contributed by atoms with Gasteiger partial charge in [-0.15, -0.1) is 11.8 Å². The van der Waals surface area contributed by atoms with Crippen molar-refractivity contribution < 1.29 is 0 Å². The van der Waals surface area contributed by atoms with Gasteiger partial charge in [-0.05, 0) is 60.7 Å². The van der Waals surface area contributed by atoms with E-state index in [4.69, 9.17) is 0 Å². The summed E-state index contributed by atoms with van der Waals surface area (Å²) < 4.78 is 0. The van der Waals surface area contributed by atoms with Gasteiger partial charge in [-0.1, -0.05) is 11.8 Å². The molecule has 1 aliphatic heterocycles. The van der Waals surface area contributed by atoms with E-state index in [0.717, 1.165) is 13.0 Å². The maximum absolute atomic E-state index is 3.39. The quantitative estimate of drug-likeness (QED) is 0.825. The Labute approximate surface area is 116 Å². The topological polar surface area (TPSA) is 12.0 Å². The molecule has 1 heterocycles. The molecule has 0 saturated carbocycles. The van der Waals surface area contributed by atoms with Gasteiger partial charge in [0, 0.05) is 26.9 Å². The van der Waals surface area contributed by atoms with Crippen LogP contribution in [0.3, 0.4) is 0 Å². The van der Waals surface area contributed by atoms with E-state index in [9.17, 15) is 0 Å². The highest BCUT2D eigenvalue weighted by molar-refractivity contribution is 7.99. The second kappa shape index (κ2) is 5.29. The lowest BCUT2D eigenvalue weighted by molar-refractivity contribution is 1.10. The zero-order valence-corrected chi connectivity index (χ0v) is 11.9. The first-order valence-electron chi connectivity index (χ1n) is 6.04. The number of nitrogens with one attached hydrogen (secondary N) is 1. The summed E-state index contributed by atoms with van der Waals surface area (Å²) in [7, 11) is 0. The molecule has 0 amide bonds. The van der Waals surface area contributed by atoms with Gasteiger partial charge in [0.2, 0.25) is 0 Å². The maximum atomic E-state index is 3.39. The summed E-state index contributed by atoms with van der Waals surface area (Å²) in [5, 5.41) is 3.39. The van der Waals surface area contributed by atoms with E-state index in [1.54, 1.807) is 11.8 Å². The SMILES string of the molecule is CSc1ccc(Sc2ccc3c(c2)CCN3)cc1. The predicted octanol–water partition coefficient (Wildman–Crippen LogP) is 4.53. The summed E-state index contributed by atoms with van der Waals surface area (Å²) in [5.41, 5.74) is 2.75. The van der Waals surface area contributed by atoms with E-state index in [1.165, 1.54) is 25.9 Å². The van der Waals surface area contributed by atoms with Gasteiger partial charge in [-0.25, -0.2) is 0 Å². The second-order valence-electron chi connectivity index (χ2n) is 4.27. The average molecular weight is 273 g/mol. The molecule has 0 radical (unpaired) electrons. The minimum atomic E-state index is 1.08. The number of benzene rings is 2. The molecule has 0 unspecified atom stereocenters. The van der Waals surface area contributed by atoms with Crippen molar-refractivity contribution in [1.29, 1.82) is 0 Å². The fraction of sp³-hybridized carbons (Fsp3) is 0.200. The van der Waals surface area contributed by atoms with E-state index in [-0.39, 0.29) is 0 Å². The number of thioether (sulfide) groups is 1. The fourth-order valence-corrected chi connectivity index (χ4v) is 3.41. The van der Waals surface area contributed by atoms with Gasteiger partial charge in [0.15, 0.2) is 0 Å². The van der Waals surface area contributed by atoms with Crippen LogP contribution in [0.2, 0.25) is 0 Å². The molecule has 18 heavy (non-hydrogen) atoms. The van der Waals surface area contributed by atoms with Crippen LogP contribution in [0.15, 0.2) is 57.2 Å². The molecule has 0 fully saturated rings. The third kappa shape index (κ3) is 2.52. The Morgan fingerprint density at radius 3 is 2.44 bits per heavy atom. The van der Waals surface area contributed by atoms with Crippen LogP contribution < -0.4 is 5.32 Å². The fourth-order valence-electron chi connectivity index (χ4n) is 2.12. The number of anilines is 1. The third-order valence-electron chi connectivity index (χ3n) is 3.08. The minimum absolute atomic E-state index is 1.08. The largest absolute Gasteiger partial charge is 0.384 e. The Kier molecular flexibility index (Phi) is 3.52. The Bertz CT molecular complexity index is 549. The van der Waals surface area contributed by atoms with Gasteiger partial charge < -0.3 is 5.32 Å².